The van der Waals surface area contributed by atoms with Crippen molar-refractivity contribution in [2.75, 3.05) is 4.90 Å². The van der Waals surface area contributed by atoms with Crippen LogP contribution >= 0.6 is 0 Å². The molecule has 0 fully saturated rings. The predicted molar refractivity (Wildman–Crippen MR) is 210 cm³/mol. The van der Waals surface area contributed by atoms with Crippen LogP contribution in [0.3, 0.4) is 0 Å². The fraction of sp³-hybridized carbons (Fsp3) is 0. The summed E-state index contributed by atoms with van der Waals surface area (Å²) in [5, 5.41) is 8.15. The Kier molecular flexibility index (Phi) is 6.49. The molecule has 3 nitrogen and oxygen atoms in total. The highest BCUT2D eigenvalue weighted by molar-refractivity contribution is 6.14. The number of hydrogen-bond donors (Lipinski definition) is 0. The number of furan rings is 1. The molecule has 0 aliphatic heterocycles. The highest BCUT2D eigenvalue weighted by Gasteiger charge is 2.21. The van der Waals surface area contributed by atoms with Crippen molar-refractivity contribution in [3.63, 3.8) is 0 Å². The summed E-state index contributed by atoms with van der Waals surface area (Å²) in [5.41, 5.74) is 9.25. The fourth-order valence-electron chi connectivity index (χ4n) is 7.50. The van der Waals surface area contributed by atoms with Crippen LogP contribution in [-0.2, 0) is 0 Å². The second-order valence-electron chi connectivity index (χ2n) is 12.7. The van der Waals surface area contributed by atoms with E-state index in [4.69, 9.17) is 9.40 Å². The lowest BCUT2D eigenvalue weighted by Crippen LogP contribution is -2.12. The first-order valence-electron chi connectivity index (χ1n) is 17.0. The lowest BCUT2D eigenvalue weighted by atomic mass is 9.96. The van der Waals surface area contributed by atoms with Gasteiger partial charge in [0.25, 0.3) is 0 Å². The number of nitrogens with zero attached hydrogens (tertiary/aromatic N) is 2. The van der Waals surface area contributed by atoms with E-state index in [9.17, 15) is 0 Å². The van der Waals surface area contributed by atoms with Crippen LogP contribution in [0, 0.1) is 0 Å². The maximum absolute atomic E-state index is 6.47. The lowest BCUT2D eigenvalue weighted by molar-refractivity contribution is 0.672. The van der Waals surface area contributed by atoms with Gasteiger partial charge < -0.3 is 4.42 Å². The second kappa shape index (κ2) is 11.5. The van der Waals surface area contributed by atoms with E-state index in [2.05, 4.69) is 187 Å². The highest BCUT2D eigenvalue weighted by Crippen LogP contribution is 2.44. The molecule has 10 aromatic rings. The van der Waals surface area contributed by atoms with Crippen molar-refractivity contribution >= 4 is 71.6 Å². The van der Waals surface area contributed by atoms with Gasteiger partial charge >= 0.3 is 0 Å². The molecule has 3 heteroatoms. The molecule has 0 aliphatic rings. The van der Waals surface area contributed by atoms with Crippen LogP contribution in [0.25, 0.3) is 76.6 Å². The van der Waals surface area contributed by atoms with Gasteiger partial charge in [0.2, 0.25) is 0 Å². The van der Waals surface area contributed by atoms with E-state index in [0.29, 0.717) is 0 Å². The van der Waals surface area contributed by atoms with Crippen LogP contribution in [0.1, 0.15) is 0 Å². The van der Waals surface area contributed by atoms with Gasteiger partial charge in [0, 0.05) is 22.0 Å². The van der Waals surface area contributed by atoms with Crippen LogP contribution in [0.5, 0.6) is 0 Å². The normalized spacial score (nSPS) is 11.6. The van der Waals surface area contributed by atoms with E-state index >= 15 is 0 Å². The number of anilines is 3. The van der Waals surface area contributed by atoms with Crippen molar-refractivity contribution in [2.24, 2.45) is 0 Å². The summed E-state index contributed by atoms with van der Waals surface area (Å²) in [5.74, 6) is 0.818. The zero-order valence-corrected chi connectivity index (χ0v) is 27.1. The van der Waals surface area contributed by atoms with Crippen molar-refractivity contribution in [3.8, 4) is 22.3 Å². The maximum atomic E-state index is 6.47. The van der Waals surface area contributed by atoms with Gasteiger partial charge in [0.05, 0.1) is 5.69 Å². The molecule has 8 aromatic carbocycles. The largest absolute Gasteiger partial charge is 0.454 e. The molecule has 0 saturated carbocycles. The molecular weight excluding hydrogens is 609 g/mol. The van der Waals surface area contributed by atoms with Crippen LogP contribution in [0.15, 0.2) is 186 Å². The highest BCUT2D eigenvalue weighted by atomic mass is 16.3. The molecular formula is C47H30N2O. The van der Waals surface area contributed by atoms with Crippen LogP contribution < -0.4 is 4.90 Å². The summed E-state index contributed by atoms with van der Waals surface area (Å²) >= 11 is 0. The number of aromatic nitrogens is 1. The van der Waals surface area contributed by atoms with E-state index in [1.165, 1.54) is 38.2 Å². The minimum absolute atomic E-state index is 0.772. The van der Waals surface area contributed by atoms with Gasteiger partial charge in [-0.1, -0.05) is 146 Å². The summed E-state index contributed by atoms with van der Waals surface area (Å²) in [6, 6.07) is 64.5. The van der Waals surface area contributed by atoms with Crippen LogP contribution in [0.4, 0.5) is 17.2 Å². The Morgan fingerprint density at radius 3 is 1.74 bits per heavy atom. The number of pyridine rings is 1. The summed E-state index contributed by atoms with van der Waals surface area (Å²) in [6.45, 7) is 0. The number of rotatable bonds is 5. The van der Waals surface area contributed by atoms with Crippen LogP contribution in [0.2, 0.25) is 0 Å². The van der Waals surface area contributed by atoms with Gasteiger partial charge in [-0.2, -0.15) is 0 Å². The Balaban J connectivity index is 1.19. The number of benzene rings is 8. The summed E-state index contributed by atoms with van der Waals surface area (Å²) in [6.07, 6.45) is 0. The molecule has 2 aromatic heterocycles. The smallest absolute Gasteiger partial charge is 0.154 e. The minimum atomic E-state index is 0.772. The van der Waals surface area contributed by atoms with E-state index < -0.39 is 0 Å². The molecule has 50 heavy (non-hydrogen) atoms. The van der Waals surface area contributed by atoms with Gasteiger partial charge in [-0.3, -0.25) is 4.90 Å². The fourth-order valence-corrected chi connectivity index (χ4v) is 7.50. The molecule has 234 valence electrons. The number of fused-ring (bicyclic) bond motifs is 7. The van der Waals surface area contributed by atoms with Crippen molar-refractivity contribution < 1.29 is 4.42 Å². The van der Waals surface area contributed by atoms with E-state index in [1.807, 2.05) is 0 Å². The first kappa shape index (κ1) is 28.3. The van der Waals surface area contributed by atoms with Crippen molar-refractivity contribution in [1.29, 1.82) is 0 Å². The first-order valence-corrected chi connectivity index (χ1v) is 17.0. The van der Waals surface area contributed by atoms with Gasteiger partial charge in [-0.05, 0) is 80.0 Å². The average molecular weight is 639 g/mol. The molecule has 0 amide bonds. The Morgan fingerprint density at radius 1 is 0.400 bits per heavy atom. The third-order valence-electron chi connectivity index (χ3n) is 9.87. The van der Waals surface area contributed by atoms with E-state index in [0.717, 1.165) is 55.6 Å². The molecule has 0 atom stereocenters. The molecule has 0 radical (unpaired) electrons. The molecule has 0 aliphatic carbocycles. The SMILES string of the molecule is c1ccc(N(c2ccc(-c3cccc4ccccc34)cc2)c2ccc3oc4c5ccccc5ccc4c3n2)c(-c2cccc3ccccc23)c1. The third kappa shape index (κ3) is 4.56. The van der Waals surface area contributed by atoms with Crippen LogP contribution in [-0.4, -0.2) is 4.98 Å². The molecule has 0 N–H and O–H groups in total. The summed E-state index contributed by atoms with van der Waals surface area (Å²) in [4.78, 5) is 7.66. The Bertz CT molecular complexity index is 2870. The lowest BCUT2D eigenvalue weighted by Gasteiger charge is -2.27. The van der Waals surface area contributed by atoms with Crippen molar-refractivity contribution in [1.82, 2.24) is 4.98 Å². The monoisotopic (exact) mass is 638 g/mol. The summed E-state index contributed by atoms with van der Waals surface area (Å²) < 4.78 is 6.47. The zero-order chi connectivity index (χ0) is 33.0. The topological polar surface area (TPSA) is 29.3 Å². The third-order valence-corrected chi connectivity index (χ3v) is 9.87. The molecule has 0 saturated heterocycles. The van der Waals surface area contributed by atoms with Gasteiger partial charge in [-0.15, -0.1) is 0 Å². The Hall–Kier alpha value is -6.71. The quantitative estimate of drug-likeness (QED) is 0.188. The number of para-hydroxylation sites is 1. The van der Waals surface area contributed by atoms with E-state index in [1.54, 1.807) is 0 Å². The first-order chi connectivity index (χ1) is 24.8. The molecule has 2 heterocycles. The van der Waals surface area contributed by atoms with E-state index in [-0.39, 0.29) is 0 Å². The predicted octanol–water partition coefficient (Wildman–Crippen LogP) is 13.2. The summed E-state index contributed by atoms with van der Waals surface area (Å²) in [7, 11) is 0. The number of hydrogen-bond acceptors (Lipinski definition) is 3. The second-order valence-corrected chi connectivity index (χ2v) is 12.7. The zero-order valence-electron chi connectivity index (χ0n) is 27.1. The molecule has 0 unspecified atom stereocenters. The maximum Gasteiger partial charge on any atom is 0.154 e. The average Bonchev–Trinajstić information content (AvgIpc) is 3.57. The molecule has 0 spiro atoms. The van der Waals surface area contributed by atoms with Gasteiger partial charge in [0.15, 0.2) is 5.58 Å². The minimum Gasteiger partial charge on any atom is -0.454 e. The van der Waals surface area contributed by atoms with Crippen molar-refractivity contribution in [3.05, 3.63) is 182 Å². The Morgan fingerprint density at radius 2 is 0.980 bits per heavy atom. The molecule has 10 rings (SSSR count). The standard InChI is InChI=1S/C47H30N2O/c1-4-16-36-31(11-1)14-9-20-37(36)34-23-26-35(27-24-34)49(43-22-8-7-19-41(43)40-21-10-15-32-12-2-5-17-38(32)40)45-30-29-44-46(48-45)42-28-25-33-13-3-6-18-39(33)47(42)50-44/h1-30H. The van der Waals surface area contributed by atoms with Gasteiger partial charge in [-0.25, -0.2) is 4.98 Å². The van der Waals surface area contributed by atoms with Gasteiger partial charge in [0.1, 0.15) is 16.9 Å². The van der Waals surface area contributed by atoms with Crippen molar-refractivity contribution in [2.45, 2.75) is 0 Å². The molecule has 0 bridgehead atoms. The Labute approximate surface area is 289 Å².